The van der Waals surface area contributed by atoms with E-state index < -0.39 is 79.4 Å². The molecule has 0 aromatic heterocycles. The van der Waals surface area contributed by atoms with Crippen LogP contribution >= 0.6 is 0 Å². The molecule has 21 heteroatoms. The molecule has 2 fully saturated rings. The van der Waals surface area contributed by atoms with Gasteiger partial charge in [-0.1, -0.05) is 38.8 Å². The van der Waals surface area contributed by atoms with Crippen LogP contribution in [0, 0.1) is 5.92 Å². The van der Waals surface area contributed by atoms with Gasteiger partial charge in [0.1, 0.15) is 0 Å². The van der Waals surface area contributed by atoms with Gasteiger partial charge in [0, 0.05) is 45.4 Å². The molecule has 2 heterocycles. The second-order valence-corrected chi connectivity index (χ2v) is 15.6. The van der Waals surface area contributed by atoms with Crippen LogP contribution < -0.4 is 4.72 Å². The average molecular weight is 774 g/mol. The molecule has 2 aliphatic heterocycles. The standard InChI is InChI=1S/C32H39N9O10S2/c1-17(2)9-8-10-18(3)37-53(50,51)24-16-20(34-36-26-29(44)40(6)32(47)41(7)30(26)45)12-14-22(24)21-13-11-19(15-23(21)52(48)49)33-35-25-27(42)38(4)31(46)39(5)28(25)43/h11-18,25-26,37,52H,8-10H2,1-7H3. The molecule has 1 N–H and O–H groups in total. The number of urea groups is 2. The summed E-state index contributed by atoms with van der Waals surface area (Å²) < 4.78 is 55.7. The first-order valence-electron chi connectivity index (χ1n) is 16.2. The van der Waals surface area contributed by atoms with Gasteiger partial charge in [-0.3, -0.25) is 38.8 Å². The zero-order chi connectivity index (χ0) is 39.5. The monoisotopic (exact) mass is 773 g/mol. The highest BCUT2D eigenvalue weighted by atomic mass is 32.2. The maximum Gasteiger partial charge on any atom is 0.333 e. The van der Waals surface area contributed by atoms with Crippen LogP contribution in [0.2, 0.25) is 0 Å². The molecule has 1 unspecified atom stereocenters. The molecule has 0 radical (unpaired) electrons. The Hall–Kier alpha value is -5.28. The normalized spacial score (nSPS) is 17.6. The summed E-state index contributed by atoms with van der Waals surface area (Å²) in [6.07, 6.45) is 2.09. The Morgan fingerprint density at radius 2 is 1.11 bits per heavy atom. The van der Waals surface area contributed by atoms with Crippen molar-refractivity contribution in [3.63, 3.8) is 0 Å². The van der Waals surface area contributed by atoms with Crippen molar-refractivity contribution in [3.05, 3.63) is 36.4 Å². The number of azo groups is 2. The number of thiol groups is 1. The minimum Gasteiger partial charge on any atom is -0.271 e. The lowest BCUT2D eigenvalue weighted by molar-refractivity contribution is -0.144. The van der Waals surface area contributed by atoms with E-state index in [2.05, 4.69) is 25.2 Å². The summed E-state index contributed by atoms with van der Waals surface area (Å²) in [5, 5.41) is 15.4. The molecule has 2 aliphatic rings. The molecule has 53 heavy (non-hydrogen) atoms. The van der Waals surface area contributed by atoms with Crippen molar-refractivity contribution in [2.45, 2.75) is 68.0 Å². The minimum atomic E-state index is -4.40. The summed E-state index contributed by atoms with van der Waals surface area (Å²) in [6, 6.07) is 1.65. The molecular formula is C32H39N9O10S2. The van der Waals surface area contributed by atoms with Crippen LogP contribution in [0.1, 0.15) is 40.0 Å². The quantitative estimate of drug-likeness (QED) is 0.171. The van der Waals surface area contributed by atoms with E-state index in [1.54, 1.807) is 6.92 Å². The molecule has 0 aliphatic carbocycles. The number of hydrogen-bond acceptors (Lipinski definition) is 14. The fourth-order valence-electron chi connectivity index (χ4n) is 5.42. The van der Waals surface area contributed by atoms with E-state index in [9.17, 15) is 45.6 Å². The van der Waals surface area contributed by atoms with Crippen LogP contribution in [0.4, 0.5) is 21.0 Å². The molecule has 0 saturated carbocycles. The SMILES string of the molecule is CC(C)CCCC(C)NS(=O)(=O)c1cc(N=NC2C(=O)N(C)C(=O)N(C)C2=O)ccc1-c1ccc(N=NC2C(=O)N(C)C(=O)N(C)C2=O)cc1[SH](=O)=O. The highest BCUT2D eigenvalue weighted by Gasteiger charge is 2.44. The molecule has 0 spiro atoms. The van der Waals surface area contributed by atoms with Crippen molar-refractivity contribution >= 4 is 67.8 Å². The fourth-order valence-corrected chi connectivity index (χ4v) is 7.56. The van der Waals surface area contributed by atoms with E-state index in [0.29, 0.717) is 31.9 Å². The Morgan fingerprint density at radius 1 is 0.679 bits per heavy atom. The number of carbonyl (C=O) groups is 6. The third kappa shape index (κ3) is 8.69. The summed E-state index contributed by atoms with van der Waals surface area (Å²) in [5.41, 5.74) is -0.353. The number of rotatable bonds is 13. The third-order valence-corrected chi connectivity index (χ3v) is 10.9. The fraction of sp³-hybridized carbons (Fsp3) is 0.438. The van der Waals surface area contributed by atoms with Gasteiger partial charge in [0.2, 0.25) is 22.1 Å². The molecule has 8 amide bonds. The molecule has 19 nitrogen and oxygen atoms in total. The Labute approximate surface area is 307 Å². The molecule has 2 aromatic carbocycles. The number of nitrogens with zero attached hydrogens (tertiary/aromatic N) is 8. The number of barbiturate groups is 2. The molecule has 0 bridgehead atoms. The van der Waals surface area contributed by atoms with Crippen LogP contribution in [0.25, 0.3) is 11.1 Å². The maximum absolute atomic E-state index is 14.0. The number of carbonyl (C=O) groups excluding carboxylic acids is 6. The number of benzene rings is 2. The van der Waals surface area contributed by atoms with Crippen molar-refractivity contribution < 1.29 is 45.6 Å². The summed E-state index contributed by atoms with van der Waals surface area (Å²) in [6.45, 7) is 5.77. The number of nitrogens with one attached hydrogen (secondary N) is 1. The van der Waals surface area contributed by atoms with Crippen LogP contribution in [0.3, 0.4) is 0 Å². The van der Waals surface area contributed by atoms with Crippen molar-refractivity contribution in [2.24, 2.45) is 26.4 Å². The van der Waals surface area contributed by atoms with Crippen molar-refractivity contribution in [2.75, 3.05) is 28.2 Å². The van der Waals surface area contributed by atoms with Gasteiger partial charge in [0.15, 0.2) is 10.7 Å². The van der Waals surface area contributed by atoms with Gasteiger partial charge in [0.05, 0.1) is 21.2 Å². The Kier molecular flexibility index (Phi) is 12.4. The van der Waals surface area contributed by atoms with Gasteiger partial charge in [-0.25, -0.2) is 31.1 Å². The first-order valence-corrected chi connectivity index (χ1v) is 18.9. The predicted octanol–water partition coefficient (Wildman–Crippen LogP) is 2.82. The number of amides is 8. The van der Waals surface area contributed by atoms with Crippen LogP contribution in [-0.4, -0.2) is 118 Å². The van der Waals surface area contributed by atoms with Crippen LogP contribution in [-0.2, 0) is 39.9 Å². The van der Waals surface area contributed by atoms with Crippen LogP contribution in [0.15, 0.2) is 66.6 Å². The lowest BCUT2D eigenvalue weighted by atomic mass is 10.0. The number of sulfonamides is 1. The van der Waals surface area contributed by atoms with Crippen molar-refractivity contribution in [1.82, 2.24) is 24.3 Å². The zero-order valence-corrected chi connectivity index (χ0v) is 31.6. The smallest absolute Gasteiger partial charge is 0.271 e. The predicted molar refractivity (Wildman–Crippen MR) is 187 cm³/mol. The van der Waals surface area contributed by atoms with Gasteiger partial charge < -0.3 is 0 Å². The van der Waals surface area contributed by atoms with E-state index in [4.69, 9.17) is 0 Å². The largest absolute Gasteiger partial charge is 0.333 e. The zero-order valence-electron chi connectivity index (χ0n) is 29.9. The molecule has 1 atom stereocenters. The second-order valence-electron chi connectivity index (χ2n) is 12.9. The van der Waals surface area contributed by atoms with Gasteiger partial charge >= 0.3 is 12.1 Å². The van der Waals surface area contributed by atoms with E-state index in [1.807, 2.05) is 13.8 Å². The average Bonchev–Trinajstić information content (AvgIpc) is 3.11. The van der Waals surface area contributed by atoms with Gasteiger partial charge in [-0.2, -0.15) is 20.5 Å². The topological polar surface area (TPSA) is 245 Å². The lowest BCUT2D eigenvalue weighted by Crippen LogP contribution is -2.58. The number of imide groups is 4. The maximum atomic E-state index is 14.0. The molecule has 2 saturated heterocycles. The second kappa shape index (κ2) is 16.2. The third-order valence-electron chi connectivity index (χ3n) is 8.48. The highest BCUT2D eigenvalue weighted by molar-refractivity contribution is 7.89. The van der Waals surface area contributed by atoms with E-state index >= 15 is 0 Å². The molecular weight excluding hydrogens is 735 g/mol. The van der Waals surface area contributed by atoms with Crippen LogP contribution in [0.5, 0.6) is 0 Å². The summed E-state index contributed by atoms with van der Waals surface area (Å²) in [5.74, 6) is -3.34. The van der Waals surface area contributed by atoms with Gasteiger partial charge in [-0.05, 0) is 43.5 Å². The Balaban J connectivity index is 1.78. The van der Waals surface area contributed by atoms with Gasteiger partial charge in [-0.15, -0.1) is 0 Å². The highest BCUT2D eigenvalue weighted by Crippen LogP contribution is 2.36. The van der Waals surface area contributed by atoms with E-state index in [1.165, 1.54) is 52.5 Å². The van der Waals surface area contributed by atoms with E-state index in [0.717, 1.165) is 25.0 Å². The summed E-state index contributed by atoms with van der Waals surface area (Å²) in [4.78, 5) is 76.5. The first-order chi connectivity index (χ1) is 24.8. The number of hydrogen-bond donors (Lipinski definition) is 2. The summed E-state index contributed by atoms with van der Waals surface area (Å²) in [7, 11) is -3.14. The first kappa shape index (κ1) is 40.5. The van der Waals surface area contributed by atoms with Gasteiger partial charge in [0.25, 0.3) is 23.6 Å². The van der Waals surface area contributed by atoms with E-state index in [-0.39, 0.29) is 27.4 Å². The van der Waals surface area contributed by atoms with Crippen molar-refractivity contribution in [3.8, 4) is 11.1 Å². The van der Waals surface area contributed by atoms with Crippen molar-refractivity contribution in [1.29, 1.82) is 0 Å². The minimum absolute atomic E-state index is 0.0642. The Morgan fingerprint density at radius 3 is 1.55 bits per heavy atom. The molecule has 284 valence electrons. The number of likely N-dealkylation sites (N-methyl/N-ethyl adjacent to an activating group) is 4. The summed E-state index contributed by atoms with van der Waals surface area (Å²) >= 11 is 0. The molecule has 4 rings (SSSR count). The Bertz CT molecular complexity index is 2060. The lowest BCUT2D eigenvalue weighted by Gasteiger charge is -2.30. The molecule has 2 aromatic rings.